The minimum Gasteiger partial charge on any atom is -0.490 e. The summed E-state index contributed by atoms with van der Waals surface area (Å²) in [5.41, 5.74) is 10.5. The lowest BCUT2D eigenvalue weighted by molar-refractivity contribution is 0.188. The van der Waals surface area contributed by atoms with Crippen LogP contribution >= 0.6 is 0 Å². The van der Waals surface area contributed by atoms with E-state index in [1.807, 2.05) is 0 Å². The Hall–Kier alpha value is -2.72. The standard InChI is InChI=1S/C32H39FN2O/c1-6-24-22(3)34-31-27(29(24)26-18-28(33)30-25(21(26)2)15-11-17-36-30)19-35(20-32(31,4)5)16-10-14-23-12-8-7-9-13-23/h7-9,12-13,18H,6,10-11,14-17,19-20H2,1-5H3. The third kappa shape index (κ3) is 4.56. The summed E-state index contributed by atoms with van der Waals surface area (Å²) in [4.78, 5) is 7.76. The summed E-state index contributed by atoms with van der Waals surface area (Å²) in [6.45, 7) is 14.6. The number of halogens is 1. The van der Waals surface area contributed by atoms with Crippen LogP contribution in [0.2, 0.25) is 0 Å². The largest absolute Gasteiger partial charge is 0.490 e. The van der Waals surface area contributed by atoms with E-state index in [0.29, 0.717) is 12.4 Å². The molecule has 0 unspecified atom stereocenters. The predicted molar refractivity (Wildman–Crippen MR) is 145 cm³/mol. The molecule has 4 heteroatoms. The second kappa shape index (κ2) is 9.97. The maximum Gasteiger partial charge on any atom is 0.165 e. The molecule has 3 aromatic rings. The van der Waals surface area contributed by atoms with Crippen LogP contribution in [-0.2, 0) is 31.2 Å². The number of rotatable bonds is 6. The summed E-state index contributed by atoms with van der Waals surface area (Å²) in [6.07, 6.45) is 4.89. The summed E-state index contributed by atoms with van der Waals surface area (Å²) in [6, 6.07) is 12.5. The Kier molecular flexibility index (Phi) is 6.91. The number of fused-ring (bicyclic) bond motifs is 2. The first-order valence-corrected chi connectivity index (χ1v) is 13.5. The Morgan fingerprint density at radius 1 is 1.11 bits per heavy atom. The number of hydrogen-bond donors (Lipinski definition) is 0. The van der Waals surface area contributed by atoms with Gasteiger partial charge < -0.3 is 4.74 Å². The molecule has 190 valence electrons. The van der Waals surface area contributed by atoms with Crippen LogP contribution in [-0.4, -0.2) is 29.6 Å². The molecule has 36 heavy (non-hydrogen) atoms. The molecule has 2 aromatic carbocycles. The molecule has 0 N–H and O–H groups in total. The molecular formula is C32H39FN2O. The van der Waals surface area contributed by atoms with Gasteiger partial charge in [0, 0.05) is 29.8 Å². The number of aromatic nitrogens is 1. The zero-order valence-corrected chi connectivity index (χ0v) is 22.5. The SMILES string of the molecule is CCc1c(C)nc2c(c1-c1cc(F)c3c(c1C)CCCO3)CN(CCCc1ccccc1)CC2(C)C. The average Bonchev–Trinajstić information content (AvgIpc) is 2.86. The molecule has 3 nitrogen and oxygen atoms in total. The quantitative estimate of drug-likeness (QED) is 0.371. The van der Waals surface area contributed by atoms with Gasteiger partial charge in [0.05, 0.1) is 12.3 Å². The van der Waals surface area contributed by atoms with Gasteiger partial charge in [0.25, 0.3) is 0 Å². The summed E-state index contributed by atoms with van der Waals surface area (Å²) >= 11 is 0. The van der Waals surface area contributed by atoms with Crippen LogP contribution in [0.25, 0.3) is 11.1 Å². The first kappa shape index (κ1) is 25.0. The van der Waals surface area contributed by atoms with Crippen molar-refractivity contribution >= 4 is 0 Å². The van der Waals surface area contributed by atoms with Gasteiger partial charge in [-0.15, -0.1) is 0 Å². The molecule has 0 saturated heterocycles. The molecular weight excluding hydrogens is 447 g/mol. The fourth-order valence-corrected chi connectivity index (χ4v) is 6.40. The molecule has 0 aliphatic carbocycles. The summed E-state index contributed by atoms with van der Waals surface area (Å²) in [7, 11) is 0. The van der Waals surface area contributed by atoms with E-state index in [2.05, 4.69) is 69.9 Å². The Morgan fingerprint density at radius 2 is 1.89 bits per heavy atom. The number of aryl methyl sites for hydroxylation is 2. The van der Waals surface area contributed by atoms with E-state index in [4.69, 9.17) is 9.72 Å². The first-order valence-electron chi connectivity index (χ1n) is 13.5. The van der Waals surface area contributed by atoms with Crippen LogP contribution in [0.15, 0.2) is 36.4 Å². The van der Waals surface area contributed by atoms with E-state index in [0.717, 1.165) is 74.1 Å². The fourth-order valence-electron chi connectivity index (χ4n) is 6.40. The number of hydrogen-bond acceptors (Lipinski definition) is 3. The van der Waals surface area contributed by atoms with Crippen molar-refractivity contribution in [1.82, 2.24) is 9.88 Å². The topological polar surface area (TPSA) is 25.4 Å². The van der Waals surface area contributed by atoms with Crippen LogP contribution in [0.3, 0.4) is 0 Å². The molecule has 3 heterocycles. The highest BCUT2D eigenvalue weighted by Gasteiger charge is 2.36. The van der Waals surface area contributed by atoms with Gasteiger partial charge in [0.1, 0.15) is 0 Å². The van der Waals surface area contributed by atoms with Crippen molar-refractivity contribution < 1.29 is 9.13 Å². The molecule has 0 bridgehead atoms. The Balaban J connectivity index is 1.57. The highest BCUT2D eigenvalue weighted by atomic mass is 19.1. The van der Waals surface area contributed by atoms with Gasteiger partial charge in [-0.25, -0.2) is 4.39 Å². The first-order chi connectivity index (χ1) is 17.3. The van der Waals surface area contributed by atoms with Gasteiger partial charge >= 0.3 is 0 Å². The number of benzene rings is 2. The molecule has 0 fully saturated rings. The van der Waals surface area contributed by atoms with Gasteiger partial charge in [0.2, 0.25) is 0 Å². The molecule has 2 aliphatic heterocycles. The van der Waals surface area contributed by atoms with Crippen molar-refractivity contribution in [2.24, 2.45) is 0 Å². The number of ether oxygens (including phenoxy) is 1. The summed E-state index contributed by atoms with van der Waals surface area (Å²) in [5.74, 6) is 0.230. The highest BCUT2D eigenvalue weighted by Crippen LogP contribution is 2.44. The minimum absolute atomic E-state index is 0.0735. The smallest absolute Gasteiger partial charge is 0.165 e. The predicted octanol–water partition coefficient (Wildman–Crippen LogP) is 7.12. The summed E-state index contributed by atoms with van der Waals surface area (Å²) < 4.78 is 21.1. The van der Waals surface area contributed by atoms with E-state index >= 15 is 4.39 Å². The van der Waals surface area contributed by atoms with Crippen LogP contribution in [0, 0.1) is 19.7 Å². The van der Waals surface area contributed by atoms with E-state index in [-0.39, 0.29) is 11.2 Å². The van der Waals surface area contributed by atoms with Crippen LogP contribution in [0.4, 0.5) is 4.39 Å². The molecule has 0 spiro atoms. The normalized spacial score (nSPS) is 16.8. The second-order valence-electron chi connectivity index (χ2n) is 11.2. The van der Waals surface area contributed by atoms with Crippen LogP contribution in [0.5, 0.6) is 5.75 Å². The molecule has 1 aromatic heterocycles. The van der Waals surface area contributed by atoms with E-state index in [9.17, 15) is 0 Å². The van der Waals surface area contributed by atoms with Crippen molar-refractivity contribution in [3.05, 3.63) is 81.4 Å². The molecule has 0 saturated carbocycles. The third-order valence-electron chi connectivity index (χ3n) is 8.09. The van der Waals surface area contributed by atoms with E-state index in [1.54, 1.807) is 6.07 Å². The van der Waals surface area contributed by atoms with Crippen molar-refractivity contribution in [2.45, 2.75) is 78.7 Å². The molecule has 5 rings (SSSR count). The third-order valence-corrected chi connectivity index (χ3v) is 8.09. The number of pyridine rings is 1. The van der Waals surface area contributed by atoms with Crippen LogP contribution < -0.4 is 4.74 Å². The Labute approximate surface area is 215 Å². The van der Waals surface area contributed by atoms with Gasteiger partial charge in [-0.05, 0) is 91.9 Å². The Bertz CT molecular complexity index is 1270. The molecule has 2 aliphatic rings. The zero-order chi connectivity index (χ0) is 25.4. The van der Waals surface area contributed by atoms with Crippen molar-refractivity contribution in [1.29, 1.82) is 0 Å². The van der Waals surface area contributed by atoms with Crippen LogP contribution in [0.1, 0.15) is 72.8 Å². The fraction of sp³-hybridized carbons (Fsp3) is 0.469. The zero-order valence-electron chi connectivity index (χ0n) is 22.5. The molecule has 0 atom stereocenters. The van der Waals surface area contributed by atoms with Gasteiger partial charge in [0.15, 0.2) is 11.6 Å². The van der Waals surface area contributed by atoms with E-state index in [1.165, 1.54) is 27.9 Å². The summed E-state index contributed by atoms with van der Waals surface area (Å²) in [5, 5.41) is 0. The Morgan fingerprint density at radius 3 is 2.64 bits per heavy atom. The minimum atomic E-state index is -0.231. The van der Waals surface area contributed by atoms with Crippen molar-refractivity contribution in [3.8, 4) is 16.9 Å². The van der Waals surface area contributed by atoms with E-state index < -0.39 is 0 Å². The highest BCUT2D eigenvalue weighted by molar-refractivity contribution is 5.78. The maximum atomic E-state index is 15.4. The van der Waals surface area contributed by atoms with Gasteiger partial charge in [-0.2, -0.15) is 0 Å². The lowest BCUT2D eigenvalue weighted by Crippen LogP contribution is -2.44. The van der Waals surface area contributed by atoms with Crippen molar-refractivity contribution in [3.63, 3.8) is 0 Å². The number of nitrogens with zero attached hydrogens (tertiary/aromatic N) is 2. The molecule has 0 radical (unpaired) electrons. The lowest BCUT2D eigenvalue weighted by Gasteiger charge is -2.41. The lowest BCUT2D eigenvalue weighted by atomic mass is 9.77. The second-order valence-corrected chi connectivity index (χ2v) is 11.2. The molecule has 0 amide bonds. The monoisotopic (exact) mass is 486 g/mol. The van der Waals surface area contributed by atoms with Crippen molar-refractivity contribution in [2.75, 3.05) is 19.7 Å². The maximum absolute atomic E-state index is 15.4. The average molecular weight is 487 g/mol. The van der Waals surface area contributed by atoms with Gasteiger partial charge in [-0.3, -0.25) is 9.88 Å². The van der Waals surface area contributed by atoms with Gasteiger partial charge in [-0.1, -0.05) is 51.1 Å².